The first kappa shape index (κ1) is 18.0. The van der Waals surface area contributed by atoms with E-state index in [2.05, 4.69) is 5.32 Å². The molecule has 1 amide bonds. The largest absolute Gasteiger partial charge is 0.482 e. The molecule has 4 bridgehead atoms. The lowest BCUT2D eigenvalue weighted by Crippen LogP contribution is -2.60. The molecule has 0 saturated heterocycles. The molecular formula is C22H24ClNO4. The quantitative estimate of drug-likeness (QED) is 0.779. The molecule has 1 aromatic heterocycles. The van der Waals surface area contributed by atoms with Gasteiger partial charge in [0.25, 0.3) is 5.91 Å². The number of rotatable bonds is 4. The molecule has 5 nitrogen and oxygen atoms in total. The highest BCUT2D eigenvalue weighted by atomic mass is 35.5. The average Bonchev–Trinajstić information content (AvgIpc) is 2.59. The second-order valence-corrected chi connectivity index (χ2v) is 9.47. The van der Waals surface area contributed by atoms with Gasteiger partial charge in [-0.25, -0.2) is 4.79 Å². The summed E-state index contributed by atoms with van der Waals surface area (Å²) < 4.78 is 10.9. The van der Waals surface area contributed by atoms with Gasteiger partial charge in [0.1, 0.15) is 11.3 Å². The van der Waals surface area contributed by atoms with Crippen LogP contribution >= 0.6 is 11.6 Å². The number of amides is 1. The summed E-state index contributed by atoms with van der Waals surface area (Å²) in [6, 6.07) is 4.73. The molecule has 6 rings (SSSR count). The van der Waals surface area contributed by atoms with E-state index in [1.54, 1.807) is 12.1 Å². The molecule has 1 heterocycles. The van der Waals surface area contributed by atoms with Crippen molar-refractivity contribution in [1.29, 1.82) is 0 Å². The van der Waals surface area contributed by atoms with Crippen LogP contribution in [0.3, 0.4) is 0 Å². The number of fused-ring (bicyclic) bond motifs is 1. The van der Waals surface area contributed by atoms with Crippen molar-refractivity contribution < 1.29 is 13.9 Å². The summed E-state index contributed by atoms with van der Waals surface area (Å²) in [6.07, 6.45) is 7.32. The fourth-order valence-corrected chi connectivity index (χ4v) is 6.39. The maximum atomic E-state index is 12.6. The molecule has 28 heavy (non-hydrogen) atoms. The SMILES string of the molecule is Cc1cc(=O)oc2cc(OCC(=O)NC34CC5CC(CC(C5)C3)C4)c(Cl)cc12. The Morgan fingerprint density at radius 2 is 1.82 bits per heavy atom. The van der Waals surface area contributed by atoms with Gasteiger partial charge in [-0.3, -0.25) is 4.79 Å². The lowest BCUT2D eigenvalue weighted by atomic mass is 9.53. The van der Waals surface area contributed by atoms with Gasteiger partial charge in [-0.2, -0.15) is 0 Å². The van der Waals surface area contributed by atoms with Crippen LogP contribution in [0.15, 0.2) is 27.4 Å². The van der Waals surface area contributed by atoms with Crippen LogP contribution in [0.25, 0.3) is 11.0 Å². The maximum absolute atomic E-state index is 12.6. The Labute approximate surface area is 168 Å². The van der Waals surface area contributed by atoms with Crippen molar-refractivity contribution >= 4 is 28.5 Å². The summed E-state index contributed by atoms with van der Waals surface area (Å²) in [6.45, 7) is 1.73. The Balaban J connectivity index is 1.29. The van der Waals surface area contributed by atoms with E-state index in [4.69, 9.17) is 20.8 Å². The molecule has 0 aliphatic heterocycles. The van der Waals surface area contributed by atoms with Crippen molar-refractivity contribution in [2.45, 2.75) is 51.0 Å². The molecule has 0 unspecified atom stereocenters. The van der Waals surface area contributed by atoms with E-state index in [0.717, 1.165) is 48.0 Å². The zero-order valence-electron chi connectivity index (χ0n) is 15.9. The van der Waals surface area contributed by atoms with Crippen molar-refractivity contribution in [1.82, 2.24) is 5.32 Å². The lowest BCUT2D eigenvalue weighted by molar-refractivity contribution is -0.128. The molecule has 4 aliphatic carbocycles. The molecule has 0 radical (unpaired) electrons. The van der Waals surface area contributed by atoms with Crippen molar-refractivity contribution in [3.8, 4) is 5.75 Å². The second-order valence-electron chi connectivity index (χ2n) is 9.06. The highest BCUT2D eigenvalue weighted by Crippen LogP contribution is 2.55. The number of ether oxygens (including phenoxy) is 1. The number of benzene rings is 1. The number of nitrogens with one attached hydrogen (secondary N) is 1. The third kappa shape index (κ3) is 3.20. The van der Waals surface area contributed by atoms with Gasteiger partial charge in [0.15, 0.2) is 6.61 Å². The summed E-state index contributed by atoms with van der Waals surface area (Å²) in [5.41, 5.74) is 0.745. The van der Waals surface area contributed by atoms with Crippen LogP contribution in [0.5, 0.6) is 5.75 Å². The van der Waals surface area contributed by atoms with Gasteiger partial charge in [-0.1, -0.05) is 11.6 Å². The van der Waals surface area contributed by atoms with Crippen LogP contribution < -0.4 is 15.7 Å². The van der Waals surface area contributed by atoms with Crippen LogP contribution in [0.4, 0.5) is 0 Å². The fraction of sp³-hybridized carbons (Fsp3) is 0.545. The lowest BCUT2D eigenvalue weighted by Gasteiger charge is -2.56. The number of carbonyl (C=O) groups is 1. The van der Waals surface area contributed by atoms with Gasteiger partial charge in [0.2, 0.25) is 0 Å². The second kappa shape index (κ2) is 6.51. The number of carbonyl (C=O) groups excluding carboxylic acids is 1. The van der Waals surface area contributed by atoms with E-state index in [1.807, 2.05) is 6.92 Å². The van der Waals surface area contributed by atoms with Crippen molar-refractivity contribution in [3.05, 3.63) is 39.2 Å². The zero-order chi connectivity index (χ0) is 19.5. The Morgan fingerprint density at radius 1 is 1.18 bits per heavy atom. The fourth-order valence-electron chi connectivity index (χ4n) is 6.17. The van der Waals surface area contributed by atoms with Crippen molar-refractivity contribution in [2.24, 2.45) is 17.8 Å². The third-order valence-electron chi connectivity index (χ3n) is 6.81. The standard InChI is InChI=1S/C22H24ClNO4/c1-12-2-21(26)28-18-7-19(17(23)6-16(12)18)27-11-20(25)24-22-8-13-3-14(9-22)5-15(4-13)10-22/h2,6-7,13-15H,3-5,8-11H2,1H3,(H,24,25). The average molecular weight is 402 g/mol. The van der Waals surface area contributed by atoms with Gasteiger partial charge in [-0.15, -0.1) is 0 Å². The van der Waals surface area contributed by atoms with E-state index in [9.17, 15) is 9.59 Å². The third-order valence-corrected chi connectivity index (χ3v) is 7.10. The zero-order valence-corrected chi connectivity index (χ0v) is 16.7. The van der Waals surface area contributed by atoms with E-state index in [1.165, 1.54) is 25.3 Å². The topological polar surface area (TPSA) is 68.5 Å². The first-order chi connectivity index (χ1) is 13.4. The van der Waals surface area contributed by atoms with Crippen LogP contribution in [0, 0.1) is 24.7 Å². The highest BCUT2D eigenvalue weighted by Gasteiger charge is 2.51. The minimum atomic E-state index is -0.419. The van der Waals surface area contributed by atoms with Crippen LogP contribution in [-0.4, -0.2) is 18.1 Å². The Bertz CT molecular complexity index is 976. The highest BCUT2D eigenvalue weighted by molar-refractivity contribution is 6.32. The van der Waals surface area contributed by atoms with Gasteiger partial charge in [-0.05, 0) is 74.8 Å². The van der Waals surface area contributed by atoms with E-state index in [-0.39, 0.29) is 18.1 Å². The van der Waals surface area contributed by atoms with E-state index < -0.39 is 5.63 Å². The Hall–Kier alpha value is -2.01. The van der Waals surface area contributed by atoms with Crippen LogP contribution in [-0.2, 0) is 4.79 Å². The number of hydrogen-bond donors (Lipinski definition) is 1. The molecule has 6 heteroatoms. The number of halogens is 1. The molecule has 4 aliphatic rings. The first-order valence-corrected chi connectivity index (χ1v) is 10.4. The monoisotopic (exact) mass is 401 g/mol. The Kier molecular flexibility index (Phi) is 4.20. The van der Waals surface area contributed by atoms with Crippen LogP contribution in [0.1, 0.15) is 44.1 Å². The molecule has 1 aromatic carbocycles. The van der Waals surface area contributed by atoms with Gasteiger partial charge < -0.3 is 14.5 Å². The summed E-state index contributed by atoms with van der Waals surface area (Å²) in [4.78, 5) is 24.2. The molecular weight excluding hydrogens is 378 g/mol. The molecule has 0 spiro atoms. The van der Waals surface area contributed by atoms with Gasteiger partial charge in [0.05, 0.1) is 5.02 Å². The van der Waals surface area contributed by atoms with Crippen molar-refractivity contribution in [3.63, 3.8) is 0 Å². The molecule has 4 saturated carbocycles. The summed E-state index contributed by atoms with van der Waals surface area (Å²) >= 11 is 6.32. The Morgan fingerprint density at radius 3 is 2.46 bits per heavy atom. The van der Waals surface area contributed by atoms with E-state index in [0.29, 0.717) is 16.4 Å². The minimum absolute atomic E-state index is 0.0354. The predicted molar refractivity (Wildman–Crippen MR) is 107 cm³/mol. The first-order valence-electron chi connectivity index (χ1n) is 10.1. The molecule has 1 N–H and O–H groups in total. The number of aryl methyl sites for hydroxylation is 1. The molecule has 148 valence electrons. The molecule has 0 atom stereocenters. The van der Waals surface area contributed by atoms with Gasteiger partial charge in [0, 0.05) is 23.1 Å². The van der Waals surface area contributed by atoms with Crippen molar-refractivity contribution in [2.75, 3.05) is 6.61 Å². The number of hydrogen-bond acceptors (Lipinski definition) is 4. The maximum Gasteiger partial charge on any atom is 0.336 e. The summed E-state index contributed by atoms with van der Waals surface area (Å²) in [7, 11) is 0. The minimum Gasteiger partial charge on any atom is -0.482 e. The normalized spacial score (nSPS) is 30.6. The predicted octanol–water partition coefficient (Wildman–Crippen LogP) is 4.22. The molecule has 2 aromatic rings. The van der Waals surface area contributed by atoms with Gasteiger partial charge >= 0.3 is 5.63 Å². The molecule has 4 fully saturated rings. The smallest absolute Gasteiger partial charge is 0.336 e. The summed E-state index contributed by atoms with van der Waals surface area (Å²) in [5, 5.41) is 4.44. The van der Waals surface area contributed by atoms with E-state index >= 15 is 0 Å². The summed E-state index contributed by atoms with van der Waals surface area (Å²) in [5.74, 6) is 2.56. The van der Waals surface area contributed by atoms with Crippen LogP contribution in [0.2, 0.25) is 5.02 Å².